The Morgan fingerprint density at radius 1 is 1.50 bits per heavy atom. The summed E-state index contributed by atoms with van der Waals surface area (Å²) in [4.78, 5) is 23.7. The first kappa shape index (κ1) is 14.5. The number of nitrogens with one attached hydrogen (secondary N) is 2. The third-order valence-electron chi connectivity index (χ3n) is 4.09. The highest BCUT2D eigenvalue weighted by molar-refractivity contribution is 6.01. The van der Waals surface area contributed by atoms with Crippen molar-refractivity contribution >= 4 is 17.5 Å². The maximum Gasteiger partial charge on any atom is 0.251 e. The van der Waals surface area contributed by atoms with Gasteiger partial charge in [-0.05, 0) is 36.6 Å². The number of carbonyl (C=O) groups excluding carboxylic acids is 2. The summed E-state index contributed by atoms with van der Waals surface area (Å²) in [5, 5.41) is 5.74. The first-order valence-electron chi connectivity index (χ1n) is 6.81. The summed E-state index contributed by atoms with van der Waals surface area (Å²) in [5.41, 5.74) is 7.54. The van der Waals surface area contributed by atoms with Gasteiger partial charge >= 0.3 is 0 Å². The first-order chi connectivity index (χ1) is 9.35. The Balaban J connectivity index is 2.19. The number of nitrogens with two attached hydrogens (primary N) is 1. The number of hydrogen-bond acceptors (Lipinski definition) is 3. The summed E-state index contributed by atoms with van der Waals surface area (Å²) in [6.07, 6.45) is 0.328. The van der Waals surface area contributed by atoms with E-state index in [1.54, 1.807) is 18.2 Å². The molecule has 0 aliphatic carbocycles. The number of carbonyl (C=O) groups is 2. The van der Waals surface area contributed by atoms with Crippen LogP contribution >= 0.6 is 0 Å². The van der Waals surface area contributed by atoms with Gasteiger partial charge in [0.15, 0.2) is 0 Å². The molecular weight excluding hydrogens is 254 g/mol. The summed E-state index contributed by atoms with van der Waals surface area (Å²) in [7, 11) is 0. The summed E-state index contributed by atoms with van der Waals surface area (Å²) < 4.78 is 0. The molecule has 0 fully saturated rings. The zero-order chi connectivity index (χ0) is 14.9. The van der Waals surface area contributed by atoms with Gasteiger partial charge in [0.1, 0.15) is 0 Å². The van der Waals surface area contributed by atoms with E-state index in [1.807, 2.05) is 20.8 Å². The molecule has 0 radical (unpaired) electrons. The van der Waals surface area contributed by atoms with E-state index in [4.69, 9.17) is 5.73 Å². The van der Waals surface area contributed by atoms with Gasteiger partial charge in [0.05, 0.1) is 12.0 Å². The van der Waals surface area contributed by atoms with E-state index >= 15 is 0 Å². The summed E-state index contributed by atoms with van der Waals surface area (Å²) in [6.45, 7) is 6.37. The topological polar surface area (TPSA) is 84.2 Å². The Bertz CT molecular complexity index is 554. The number of fused-ring (bicyclic) bond motifs is 1. The van der Waals surface area contributed by atoms with Gasteiger partial charge in [0.2, 0.25) is 5.91 Å². The molecule has 1 heterocycles. The van der Waals surface area contributed by atoms with Crippen LogP contribution in [0.2, 0.25) is 0 Å². The summed E-state index contributed by atoms with van der Waals surface area (Å²) >= 11 is 0. The SMILES string of the molecule is CC(C)C(C)(CN)NC(=O)c1ccc2c(c1)CC(=O)N2. The van der Waals surface area contributed by atoms with Crippen molar-refractivity contribution in [1.82, 2.24) is 5.32 Å². The third-order valence-corrected chi connectivity index (χ3v) is 4.09. The molecule has 0 saturated carbocycles. The number of benzene rings is 1. The van der Waals surface area contributed by atoms with E-state index < -0.39 is 5.54 Å². The maximum atomic E-state index is 12.3. The molecule has 108 valence electrons. The minimum atomic E-state index is -0.440. The smallest absolute Gasteiger partial charge is 0.251 e. The van der Waals surface area contributed by atoms with Crippen molar-refractivity contribution < 1.29 is 9.59 Å². The molecule has 4 N–H and O–H groups in total. The van der Waals surface area contributed by atoms with E-state index in [0.717, 1.165) is 11.3 Å². The number of anilines is 1. The van der Waals surface area contributed by atoms with Crippen LogP contribution < -0.4 is 16.4 Å². The molecule has 5 heteroatoms. The Morgan fingerprint density at radius 2 is 2.20 bits per heavy atom. The monoisotopic (exact) mass is 275 g/mol. The van der Waals surface area contributed by atoms with Gasteiger partial charge in [-0.1, -0.05) is 13.8 Å². The van der Waals surface area contributed by atoms with Gasteiger partial charge in [-0.2, -0.15) is 0 Å². The normalized spacial score (nSPS) is 16.6. The summed E-state index contributed by atoms with van der Waals surface area (Å²) in [5.74, 6) is 0.0365. The van der Waals surface area contributed by atoms with Crippen LogP contribution in [0, 0.1) is 5.92 Å². The van der Waals surface area contributed by atoms with Crippen molar-refractivity contribution in [1.29, 1.82) is 0 Å². The fraction of sp³-hybridized carbons (Fsp3) is 0.467. The van der Waals surface area contributed by atoms with Gasteiger partial charge in [-0.15, -0.1) is 0 Å². The molecule has 5 nitrogen and oxygen atoms in total. The first-order valence-corrected chi connectivity index (χ1v) is 6.81. The van der Waals surface area contributed by atoms with Crippen LogP contribution in [0.1, 0.15) is 36.7 Å². The molecule has 2 rings (SSSR count). The van der Waals surface area contributed by atoms with Crippen molar-refractivity contribution in [3.05, 3.63) is 29.3 Å². The Labute approximate surface area is 118 Å². The predicted molar refractivity (Wildman–Crippen MR) is 78.5 cm³/mol. The number of rotatable bonds is 4. The van der Waals surface area contributed by atoms with Crippen LogP contribution in [0.3, 0.4) is 0 Å². The van der Waals surface area contributed by atoms with E-state index in [2.05, 4.69) is 10.6 Å². The molecule has 1 aromatic carbocycles. The number of hydrogen-bond donors (Lipinski definition) is 3. The lowest BCUT2D eigenvalue weighted by Gasteiger charge is -2.33. The zero-order valence-electron chi connectivity index (χ0n) is 12.1. The Morgan fingerprint density at radius 3 is 2.80 bits per heavy atom. The molecule has 20 heavy (non-hydrogen) atoms. The van der Waals surface area contributed by atoms with Gasteiger partial charge in [0.25, 0.3) is 5.91 Å². The molecule has 1 aromatic rings. The number of amides is 2. The fourth-order valence-corrected chi connectivity index (χ4v) is 2.13. The van der Waals surface area contributed by atoms with Crippen LogP contribution in [0.5, 0.6) is 0 Å². The van der Waals surface area contributed by atoms with Gasteiger partial charge in [-0.25, -0.2) is 0 Å². The Kier molecular flexibility index (Phi) is 3.81. The second-order valence-corrected chi connectivity index (χ2v) is 5.83. The molecule has 1 unspecified atom stereocenters. The fourth-order valence-electron chi connectivity index (χ4n) is 2.13. The quantitative estimate of drug-likeness (QED) is 0.774. The van der Waals surface area contributed by atoms with Crippen molar-refractivity contribution in [3.8, 4) is 0 Å². The lowest BCUT2D eigenvalue weighted by Crippen LogP contribution is -2.55. The molecule has 1 aliphatic rings. The van der Waals surface area contributed by atoms with Crippen LogP contribution in [0.25, 0.3) is 0 Å². The van der Waals surface area contributed by atoms with E-state index in [1.165, 1.54) is 0 Å². The maximum absolute atomic E-state index is 12.3. The summed E-state index contributed by atoms with van der Waals surface area (Å²) in [6, 6.07) is 5.25. The van der Waals surface area contributed by atoms with Crippen molar-refractivity contribution in [3.63, 3.8) is 0 Å². The molecule has 0 saturated heterocycles. The van der Waals surface area contributed by atoms with Crippen LogP contribution in [-0.4, -0.2) is 23.9 Å². The highest BCUT2D eigenvalue weighted by Crippen LogP contribution is 2.24. The van der Waals surface area contributed by atoms with E-state index in [0.29, 0.717) is 18.5 Å². The lowest BCUT2D eigenvalue weighted by atomic mass is 9.88. The van der Waals surface area contributed by atoms with Crippen molar-refractivity contribution in [2.24, 2.45) is 11.7 Å². The van der Waals surface area contributed by atoms with Crippen LogP contribution in [0.15, 0.2) is 18.2 Å². The largest absolute Gasteiger partial charge is 0.345 e. The van der Waals surface area contributed by atoms with Gasteiger partial charge < -0.3 is 16.4 Å². The molecule has 0 bridgehead atoms. The zero-order valence-corrected chi connectivity index (χ0v) is 12.1. The third kappa shape index (κ3) is 2.67. The second-order valence-electron chi connectivity index (χ2n) is 5.83. The van der Waals surface area contributed by atoms with Gasteiger partial charge in [0, 0.05) is 17.8 Å². The van der Waals surface area contributed by atoms with Crippen molar-refractivity contribution in [2.45, 2.75) is 32.7 Å². The van der Waals surface area contributed by atoms with Crippen molar-refractivity contribution in [2.75, 3.05) is 11.9 Å². The Hall–Kier alpha value is -1.88. The van der Waals surface area contributed by atoms with E-state index in [-0.39, 0.29) is 17.7 Å². The minimum absolute atomic E-state index is 0.0356. The van der Waals surface area contributed by atoms with E-state index in [9.17, 15) is 9.59 Å². The highest BCUT2D eigenvalue weighted by atomic mass is 16.2. The highest BCUT2D eigenvalue weighted by Gasteiger charge is 2.29. The molecular formula is C15H21N3O2. The minimum Gasteiger partial charge on any atom is -0.345 e. The molecule has 1 atom stereocenters. The van der Waals surface area contributed by atoms with Gasteiger partial charge in [-0.3, -0.25) is 9.59 Å². The van der Waals surface area contributed by atoms with Crippen LogP contribution in [-0.2, 0) is 11.2 Å². The molecule has 0 aromatic heterocycles. The second kappa shape index (κ2) is 5.25. The average Bonchev–Trinajstić information content (AvgIpc) is 2.77. The average molecular weight is 275 g/mol. The lowest BCUT2D eigenvalue weighted by molar-refractivity contribution is -0.115. The molecule has 2 amide bonds. The molecule has 1 aliphatic heterocycles. The predicted octanol–water partition coefficient (Wildman–Crippen LogP) is 1.28. The molecule has 0 spiro atoms. The standard InChI is InChI=1S/C15H21N3O2/c1-9(2)15(3,8-16)18-14(20)10-4-5-12-11(6-10)7-13(19)17-12/h4-6,9H,7-8,16H2,1-3H3,(H,17,19)(H,18,20). The van der Waals surface area contributed by atoms with Crippen LogP contribution in [0.4, 0.5) is 5.69 Å².